The molecule has 0 radical (unpaired) electrons. The molecule has 0 aromatic rings. The minimum Gasteiger partial charge on any atom is -0.273 e. The van der Waals surface area contributed by atoms with Crippen molar-refractivity contribution in [2.75, 3.05) is 0 Å². The third kappa shape index (κ3) is 25.3. The summed E-state index contributed by atoms with van der Waals surface area (Å²) in [6.07, 6.45) is 32.7. The van der Waals surface area contributed by atoms with Crippen molar-refractivity contribution in [3.05, 3.63) is 0 Å². The van der Waals surface area contributed by atoms with Crippen molar-refractivity contribution in [1.29, 1.82) is 0 Å². The second kappa shape index (κ2) is 25.4. The van der Waals surface area contributed by atoms with Crippen LogP contribution in [0.3, 0.4) is 0 Å². The molecule has 0 fully saturated rings. The number of rotatable bonds is 24. The lowest BCUT2D eigenvalue weighted by Gasteiger charge is -2.04. The molecule has 2 nitrogen and oxygen atoms in total. The molecule has 29 heavy (non-hydrogen) atoms. The topological polar surface area (TPSA) is 29.4 Å². The summed E-state index contributed by atoms with van der Waals surface area (Å²) < 4.78 is 0. The normalized spacial score (nSPS) is 11.1. The Kier molecular flexibility index (Phi) is 24.8. The molecule has 0 N–H and O–H groups in total. The summed E-state index contributed by atoms with van der Waals surface area (Å²) in [6.45, 7) is 5.56. The number of hydrogen-bond acceptors (Lipinski definition) is 1. The Labute approximate surface area is 183 Å². The van der Waals surface area contributed by atoms with Crippen molar-refractivity contribution in [2.45, 2.75) is 161 Å². The first-order chi connectivity index (χ1) is 14.3. The highest BCUT2D eigenvalue weighted by molar-refractivity contribution is 5.80. The van der Waals surface area contributed by atoms with Crippen molar-refractivity contribution in [3.63, 3.8) is 0 Å². The Morgan fingerprint density at radius 2 is 0.724 bits per heavy atom. The van der Waals surface area contributed by atoms with Crippen LogP contribution >= 0.6 is 0 Å². The van der Waals surface area contributed by atoms with Gasteiger partial charge in [0.2, 0.25) is 5.91 Å². The van der Waals surface area contributed by atoms with Gasteiger partial charge < -0.3 is 0 Å². The maximum absolute atomic E-state index is 11.0. The Hall–Kier alpha value is -0.660. The van der Waals surface area contributed by atoms with Crippen LogP contribution in [0, 0.1) is 0 Å². The van der Waals surface area contributed by atoms with E-state index in [-0.39, 0.29) is 5.91 Å². The van der Waals surface area contributed by atoms with Gasteiger partial charge in [-0.25, -0.2) is 4.99 Å². The monoisotopic (exact) mass is 407 g/mol. The van der Waals surface area contributed by atoms with E-state index in [1.807, 2.05) is 0 Å². The van der Waals surface area contributed by atoms with Crippen LogP contribution in [0.5, 0.6) is 0 Å². The maximum Gasteiger partial charge on any atom is 0.245 e. The van der Waals surface area contributed by atoms with Crippen LogP contribution in [-0.2, 0) is 4.79 Å². The molecule has 1 amide bonds. The molecule has 0 atom stereocenters. The third-order valence-electron chi connectivity index (χ3n) is 6.17. The Bertz CT molecular complexity index is 339. The number of hydrogen-bond donors (Lipinski definition) is 0. The van der Waals surface area contributed by atoms with Gasteiger partial charge in [0, 0.05) is 6.42 Å². The van der Waals surface area contributed by atoms with E-state index in [1.165, 1.54) is 141 Å². The Morgan fingerprint density at radius 3 is 0.966 bits per heavy atom. The van der Waals surface area contributed by atoms with Gasteiger partial charge in [-0.3, -0.25) is 4.79 Å². The van der Waals surface area contributed by atoms with E-state index >= 15 is 0 Å². The molecule has 172 valence electrons. The summed E-state index contributed by atoms with van der Waals surface area (Å²) >= 11 is 0. The molecule has 0 heterocycles. The molecule has 0 aromatic carbocycles. The van der Waals surface area contributed by atoms with Crippen LogP contribution < -0.4 is 0 Å². The van der Waals surface area contributed by atoms with E-state index < -0.39 is 0 Å². The zero-order chi connectivity index (χ0) is 21.3. The number of nitrogens with zero attached hydrogens (tertiary/aromatic N) is 1. The van der Waals surface area contributed by atoms with Gasteiger partial charge in [-0.1, -0.05) is 148 Å². The average Bonchev–Trinajstić information content (AvgIpc) is 2.74. The number of amides is 1. The molecule has 0 saturated heterocycles. The lowest BCUT2D eigenvalue weighted by atomic mass is 10.0. The summed E-state index contributed by atoms with van der Waals surface area (Å²) in [5, 5.41) is 0. The van der Waals surface area contributed by atoms with E-state index in [9.17, 15) is 4.79 Å². The highest BCUT2D eigenvalue weighted by atomic mass is 16.1. The smallest absolute Gasteiger partial charge is 0.245 e. The predicted molar refractivity (Wildman–Crippen MR) is 131 cm³/mol. The van der Waals surface area contributed by atoms with Gasteiger partial charge in [-0.2, -0.15) is 0 Å². The fourth-order valence-corrected chi connectivity index (χ4v) is 4.14. The zero-order valence-electron chi connectivity index (χ0n) is 20.0. The minimum absolute atomic E-state index is 0.0477. The molecule has 0 aromatic heterocycles. The van der Waals surface area contributed by atoms with E-state index in [2.05, 4.69) is 18.6 Å². The standard InChI is InChI=1S/C27H53NO/c1-3-4-5-6-7-8-9-10-11-12-13-14-15-16-17-18-19-20-21-22-23-24-25-26-27(29)28-2/h2-26H2,1H3. The number of aliphatic imine (C=N–C) groups is 1. The molecule has 0 bridgehead atoms. The van der Waals surface area contributed by atoms with Gasteiger partial charge >= 0.3 is 0 Å². The van der Waals surface area contributed by atoms with Crippen LogP contribution in [0.4, 0.5) is 0 Å². The van der Waals surface area contributed by atoms with E-state index in [0.717, 1.165) is 6.42 Å². The number of unbranched alkanes of at least 4 members (excludes halogenated alkanes) is 22. The third-order valence-corrected chi connectivity index (χ3v) is 6.17. The van der Waals surface area contributed by atoms with Crippen LogP contribution in [0.25, 0.3) is 0 Å². The molecule has 0 saturated carbocycles. The quantitative estimate of drug-likeness (QED) is 0.116. The average molecular weight is 408 g/mol. The fourth-order valence-electron chi connectivity index (χ4n) is 4.14. The first-order valence-corrected chi connectivity index (χ1v) is 13.3. The molecule has 2 heteroatoms. The Balaban J connectivity index is 3.01. The summed E-state index contributed by atoms with van der Waals surface area (Å²) in [5.74, 6) is -0.0477. The van der Waals surface area contributed by atoms with Gasteiger partial charge in [-0.05, 0) is 13.1 Å². The van der Waals surface area contributed by atoms with Gasteiger partial charge in [0.05, 0.1) is 0 Å². The van der Waals surface area contributed by atoms with Crippen molar-refractivity contribution in [3.8, 4) is 0 Å². The highest BCUT2D eigenvalue weighted by Crippen LogP contribution is 2.15. The lowest BCUT2D eigenvalue weighted by Crippen LogP contribution is -1.91. The predicted octanol–water partition coefficient (Wildman–Crippen LogP) is 9.60. The van der Waals surface area contributed by atoms with Crippen LogP contribution in [-0.4, -0.2) is 12.6 Å². The molecule has 0 aliphatic rings. The molecular weight excluding hydrogens is 354 g/mol. The molecule has 0 rings (SSSR count). The second-order valence-corrected chi connectivity index (χ2v) is 9.08. The maximum atomic E-state index is 11.0. The van der Waals surface area contributed by atoms with Gasteiger partial charge in [0.1, 0.15) is 0 Å². The van der Waals surface area contributed by atoms with Crippen molar-refractivity contribution >= 4 is 12.6 Å². The molecule has 0 spiro atoms. The van der Waals surface area contributed by atoms with E-state index in [4.69, 9.17) is 0 Å². The lowest BCUT2D eigenvalue weighted by molar-refractivity contribution is -0.117. The summed E-state index contributed by atoms with van der Waals surface area (Å²) in [7, 11) is 0. The van der Waals surface area contributed by atoms with Crippen LogP contribution in [0.1, 0.15) is 161 Å². The van der Waals surface area contributed by atoms with Gasteiger partial charge in [0.15, 0.2) is 0 Å². The molecule has 0 aliphatic heterocycles. The van der Waals surface area contributed by atoms with Crippen molar-refractivity contribution in [1.82, 2.24) is 0 Å². The van der Waals surface area contributed by atoms with Crippen molar-refractivity contribution < 1.29 is 4.79 Å². The van der Waals surface area contributed by atoms with Gasteiger partial charge in [0.25, 0.3) is 0 Å². The van der Waals surface area contributed by atoms with Crippen LogP contribution in [0.2, 0.25) is 0 Å². The van der Waals surface area contributed by atoms with Gasteiger partial charge in [-0.15, -0.1) is 0 Å². The first-order valence-electron chi connectivity index (χ1n) is 13.3. The summed E-state index contributed by atoms with van der Waals surface area (Å²) in [4.78, 5) is 14.4. The highest BCUT2D eigenvalue weighted by Gasteiger charge is 1.98. The number of carbonyl (C=O) groups is 1. The Morgan fingerprint density at radius 1 is 0.483 bits per heavy atom. The zero-order valence-corrected chi connectivity index (χ0v) is 20.0. The molecule has 0 unspecified atom stereocenters. The second-order valence-electron chi connectivity index (χ2n) is 9.08. The fraction of sp³-hybridized carbons (Fsp3) is 0.926. The minimum atomic E-state index is -0.0477. The van der Waals surface area contributed by atoms with Crippen LogP contribution in [0.15, 0.2) is 4.99 Å². The number of carbonyl (C=O) groups excluding carboxylic acids is 1. The SMILES string of the molecule is C=NC(=O)CCCCCCCCCCCCCCCCCCCCCCCCC. The summed E-state index contributed by atoms with van der Waals surface area (Å²) in [6, 6.07) is 0. The molecule has 0 aliphatic carbocycles. The van der Waals surface area contributed by atoms with Crippen molar-refractivity contribution in [2.24, 2.45) is 4.99 Å². The largest absolute Gasteiger partial charge is 0.273 e. The molecular formula is C27H53NO. The van der Waals surface area contributed by atoms with E-state index in [1.54, 1.807) is 0 Å². The first kappa shape index (κ1) is 28.3. The summed E-state index contributed by atoms with van der Waals surface area (Å²) in [5.41, 5.74) is 0. The van der Waals surface area contributed by atoms with E-state index in [0.29, 0.717) is 6.42 Å².